The van der Waals surface area contributed by atoms with Gasteiger partial charge >= 0.3 is 0 Å². The van der Waals surface area contributed by atoms with Gasteiger partial charge in [0, 0.05) is 5.41 Å². The van der Waals surface area contributed by atoms with Gasteiger partial charge in [-0.2, -0.15) is 5.10 Å². The fraction of sp³-hybridized carbons (Fsp3) is 0.714. The van der Waals surface area contributed by atoms with E-state index in [-0.39, 0.29) is 5.41 Å². The molecule has 1 aromatic heterocycles. The Bertz CT molecular complexity index is 261. The van der Waals surface area contributed by atoms with Gasteiger partial charge in [-0.05, 0) is 12.8 Å². The number of hydrogen-bond donors (Lipinski definition) is 2. The molecule has 0 aromatic carbocycles. The highest BCUT2D eigenvalue weighted by atomic mass is 15.2. The molecule has 0 spiro atoms. The first-order valence-electron chi connectivity index (χ1n) is 3.86. The lowest BCUT2D eigenvalue weighted by molar-refractivity contribution is 0.713. The van der Waals surface area contributed by atoms with E-state index in [1.54, 1.807) is 0 Å². The molecule has 1 aromatic rings. The normalized spacial score (nSPS) is 20.2. The van der Waals surface area contributed by atoms with Crippen LogP contribution in [0.1, 0.15) is 31.4 Å². The van der Waals surface area contributed by atoms with Crippen LogP contribution in [-0.4, -0.2) is 15.2 Å². The summed E-state index contributed by atoms with van der Waals surface area (Å²) in [5, 5.41) is 6.92. The van der Waals surface area contributed by atoms with Crippen LogP contribution < -0.4 is 5.73 Å². The highest BCUT2D eigenvalue weighted by Crippen LogP contribution is 2.45. The quantitative estimate of drug-likeness (QED) is 0.641. The van der Waals surface area contributed by atoms with E-state index in [4.69, 9.17) is 5.73 Å². The number of aromatic nitrogens is 3. The van der Waals surface area contributed by atoms with E-state index in [0.717, 1.165) is 11.6 Å². The van der Waals surface area contributed by atoms with Gasteiger partial charge in [0.05, 0.1) is 6.54 Å². The molecule has 0 radical (unpaired) electrons. The maximum atomic E-state index is 5.39. The summed E-state index contributed by atoms with van der Waals surface area (Å²) >= 11 is 0. The Labute approximate surface area is 65.2 Å². The summed E-state index contributed by atoms with van der Waals surface area (Å²) in [4.78, 5) is 4.27. The Balaban J connectivity index is 2.25. The van der Waals surface area contributed by atoms with Crippen molar-refractivity contribution in [3.8, 4) is 0 Å². The molecule has 1 saturated carbocycles. The molecule has 2 rings (SSSR count). The highest BCUT2D eigenvalue weighted by Gasteiger charge is 2.42. The zero-order chi connectivity index (χ0) is 7.90. The van der Waals surface area contributed by atoms with E-state index in [1.165, 1.54) is 12.8 Å². The molecule has 0 saturated heterocycles. The van der Waals surface area contributed by atoms with Crippen molar-refractivity contribution < 1.29 is 0 Å². The molecule has 4 nitrogen and oxygen atoms in total. The minimum atomic E-state index is 0.254. The summed E-state index contributed by atoms with van der Waals surface area (Å²) in [6, 6.07) is 0. The van der Waals surface area contributed by atoms with Crippen molar-refractivity contribution in [2.24, 2.45) is 5.73 Å². The second kappa shape index (κ2) is 2.04. The lowest BCUT2D eigenvalue weighted by Gasteiger charge is -1.98. The smallest absolute Gasteiger partial charge is 0.156 e. The predicted molar refractivity (Wildman–Crippen MR) is 40.9 cm³/mol. The highest BCUT2D eigenvalue weighted by molar-refractivity contribution is 5.14. The molecule has 0 aliphatic heterocycles. The van der Waals surface area contributed by atoms with Gasteiger partial charge in [-0.1, -0.05) is 6.92 Å². The average Bonchev–Trinajstić information content (AvgIpc) is 2.61. The molecule has 0 atom stereocenters. The number of hydrogen-bond acceptors (Lipinski definition) is 3. The molecule has 11 heavy (non-hydrogen) atoms. The van der Waals surface area contributed by atoms with Crippen LogP contribution in [0.3, 0.4) is 0 Å². The van der Waals surface area contributed by atoms with Crippen LogP contribution in [0.15, 0.2) is 0 Å². The molecule has 1 aliphatic rings. The van der Waals surface area contributed by atoms with E-state index >= 15 is 0 Å². The van der Waals surface area contributed by atoms with Gasteiger partial charge < -0.3 is 5.73 Å². The summed E-state index contributed by atoms with van der Waals surface area (Å²) in [7, 11) is 0. The molecule has 3 N–H and O–H groups in total. The Morgan fingerprint density at radius 1 is 1.64 bits per heavy atom. The van der Waals surface area contributed by atoms with Crippen molar-refractivity contribution in [3.63, 3.8) is 0 Å². The Kier molecular flexibility index (Phi) is 1.26. The summed E-state index contributed by atoms with van der Waals surface area (Å²) < 4.78 is 0. The summed E-state index contributed by atoms with van der Waals surface area (Å²) in [6.07, 6.45) is 2.41. The molecule has 1 aliphatic carbocycles. The SMILES string of the molecule is CC1(c2n[nH]c(CN)n2)CC1. The Hall–Kier alpha value is -0.900. The summed E-state index contributed by atoms with van der Waals surface area (Å²) in [5.41, 5.74) is 5.65. The molecule has 60 valence electrons. The molecule has 0 amide bonds. The van der Waals surface area contributed by atoms with Crippen LogP contribution in [0.2, 0.25) is 0 Å². The Morgan fingerprint density at radius 2 is 2.36 bits per heavy atom. The van der Waals surface area contributed by atoms with Crippen LogP contribution >= 0.6 is 0 Å². The molecule has 4 heteroatoms. The summed E-state index contributed by atoms with van der Waals surface area (Å²) in [5.74, 6) is 1.71. The van der Waals surface area contributed by atoms with Crippen molar-refractivity contribution in [3.05, 3.63) is 11.6 Å². The average molecular weight is 152 g/mol. The number of rotatable bonds is 2. The number of aromatic amines is 1. The second-order valence-electron chi connectivity index (χ2n) is 3.37. The zero-order valence-electron chi connectivity index (χ0n) is 6.59. The van der Waals surface area contributed by atoms with Crippen molar-refractivity contribution in [2.45, 2.75) is 31.7 Å². The molecular weight excluding hydrogens is 140 g/mol. The maximum absolute atomic E-state index is 5.39. The summed E-state index contributed by atoms with van der Waals surface area (Å²) in [6.45, 7) is 2.62. The van der Waals surface area contributed by atoms with Crippen LogP contribution in [-0.2, 0) is 12.0 Å². The fourth-order valence-electron chi connectivity index (χ4n) is 1.07. The van der Waals surface area contributed by atoms with Gasteiger partial charge in [0.25, 0.3) is 0 Å². The lowest BCUT2D eigenvalue weighted by atomic mass is 10.1. The van der Waals surface area contributed by atoms with Crippen LogP contribution in [0.5, 0.6) is 0 Å². The number of nitrogens with one attached hydrogen (secondary N) is 1. The number of nitrogens with two attached hydrogens (primary N) is 1. The first-order valence-corrected chi connectivity index (χ1v) is 3.86. The van der Waals surface area contributed by atoms with E-state index in [0.29, 0.717) is 6.54 Å². The van der Waals surface area contributed by atoms with E-state index in [9.17, 15) is 0 Å². The first kappa shape index (κ1) is 6.79. The van der Waals surface area contributed by atoms with E-state index < -0.39 is 0 Å². The standard InChI is InChI=1S/C7H12N4/c1-7(2-3-7)6-9-5(4-8)10-11-6/h2-4,8H2,1H3,(H,9,10,11). The third-order valence-corrected chi connectivity index (χ3v) is 2.26. The van der Waals surface area contributed by atoms with Crippen molar-refractivity contribution >= 4 is 0 Å². The first-order chi connectivity index (χ1) is 5.24. The third kappa shape index (κ3) is 1.03. The van der Waals surface area contributed by atoms with Gasteiger partial charge in [0.2, 0.25) is 0 Å². The van der Waals surface area contributed by atoms with Crippen LogP contribution in [0.25, 0.3) is 0 Å². The number of nitrogens with zero attached hydrogens (tertiary/aromatic N) is 2. The Morgan fingerprint density at radius 3 is 2.82 bits per heavy atom. The van der Waals surface area contributed by atoms with Crippen LogP contribution in [0, 0.1) is 0 Å². The van der Waals surface area contributed by atoms with Crippen molar-refractivity contribution in [1.29, 1.82) is 0 Å². The molecule has 1 fully saturated rings. The molecule has 0 unspecified atom stereocenters. The van der Waals surface area contributed by atoms with Crippen molar-refractivity contribution in [1.82, 2.24) is 15.2 Å². The number of H-pyrrole nitrogens is 1. The third-order valence-electron chi connectivity index (χ3n) is 2.26. The largest absolute Gasteiger partial charge is 0.324 e. The minimum Gasteiger partial charge on any atom is -0.324 e. The topological polar surface area (TPSA) is 67.6 Å². The van der Waals surface area contributed by atoms with Gasteiger partial charge in [0.1, 0.15) is 5.82 Å². The zero-order valence-corrected chi connectivity index (χ0v) is 6.59. The van der Waals surface area contributed by atoms with E-state index in [2.05, 4.69) is 22.1 Å². The van der Waals surface area contributed by atoms with Crippen molar-refractivity contribution in [2.75, 3.05) is 0 Å². The molecule has 0 bridgehead atoms. The maximum Gasteiger partial charge on any atom is 0.156 e. The van der Waals surface area contributed by atoms with Gasteiger partial charge in [0.15, 0.2) is 5.82 Å². The molecular formula is C7H12N4. The van der Waals surface area contributed by atoms with Gasteiger partial charge in [-0.15, -0.1) is 0 Å². The van der Waals surface area contributed by atoms with E-state index in [1.807, 2.05) is 0 Å². The second-order valence-corrected chi connectivity index (χ2v) is 3.37. The monoisotopic (exact) mass is 152 g/mol. The molecule has 1 heterocycles. The van der Waals surface area contributed by atoms with Crippen LogP contribution in [0.4, 0.5) is 0 Å². The lowest BCUT2D eigenvalue weighted by Crippen LogP contribution is -2.03. The predicted octanol–water partition coefficient (Wildman–Crippen LogP) is 0.315. The minimum absolute atomic E-state index is 0.254. The fourth-order valence-corrected chi connectivity index (χ4v) is 1.07. The van der Waals surface area contributed by atoms with Gasteiger partial charge in [-0.3, -0.25) is 5.10 Å². The van der Waals surface area contributed by atoms with Gasteiger partial charge in [-0.25, -0.2) is 4.98 Å².